The molecule has 0 saturated heterocycles. The normalized spacial score (nSPS) is 10.2. The molecule has 7 heteroatoms. The van der Waals surface area contributed by atoms with Crippen LogP contribution in [0.5, 0.6) is 6.01 Å². The third kappa shape index (κ3) is 4.06. The van der Waals surface area contributed by atoms with Crippen molar-refractivity contribution < 1.29 is 4.74 Å². The number of nitrogens with one attached hydrogen (secondary N) is 2. The Morgan fingerprint density at radius 1 is 1.16 bits per heavy atom. The summed E-state index contributed by atoms with van der Waals surface area (Å²) in [5.41, 5.74) is 0. The van der Waals surface area contributed by atoms with E-state index in [1.807, 2.05) is 25.3 Å². The zero-order valence-electron chi connectivity index (χ0n) is 11.0. The van der Waals surface area contributed by atoms with E-state index in [0.717, 1.165) is 6.54 Å². The zero-order chi connectivity index (χ0) is 13.5. The Kier molecular flexibility index (Phi) is 4.91. The van der Waals surface area contributed by atoms with E-state index in [1.165, 1.54) is 4.88 Å². The van der Waals surface area contributed by atoms with Gasteiger partial charge in [0.25, 0.3) is 0 Å². The fourth-order valence-corrected chi connectivity index (χ4v) is 2.09. The van der Waals surface area contributed by atoms with Gasteiger partial charge in [-0.15, -0.1) is 11.3 Å². The van der Waals surface area contributed by atoms with Gasteiger partial charge in [0, 0.05) is 11.4 Å². The lowest BCUT2D eigenvalue weighted by Crippen LogP contribution is -2.10. The van der Waals surface area contributed by atoms with Crippen LogP contribution in [0.2, 0.25) is 0 Å². The van der Waals surface area contributed by atoms with Crippen molar-refractivity contribution in [3.63, 3.8) is 0 Å². The summed E-state index contributed by atoms with van der Waals surface area (Å²) >= 11 is 1.69. The first-order valence-electron chi connectivity index (χ1n) is 6.20. The third-order valence-electron chi connectivity index (χ3n) is 2.22. The Morgan fingerprint density at radius 3 is 2.58 bits per heavy atom. The molecular weight excluding hydrogens is 262 g/mol. The van der Waals surface area contributed by atoms with Gasteiger partial charge in [0.1, 0.15) is 0 Å². The SMILES string of the molecule is CCNc1nc(NCc2cccs2)nc(OCC)n1. The topological polar surface area (TPSA) is 72.0 Å². The highest BCUT2D eigenvalue weighted by Crippen LogP contribution is 2.14. The first-order valence-corrected chi connectivity index (χ1v) is 7.08. The summed E-state index contributed by atoms with van der Waals surface area (Å²) in [5.74, 6) is 1.04. The molecule has 0 aliphatic rings. The number of nitrogens with zero attached hydrogens (tertiary/aromatic N) is 3. The van der Waals surface area contributed by atoms with E-state index >= 15 is 0 Å². The van der Waals surface area contributed by atoms with Gasteiger partial charge in [0.15, 0.2) is 0 Å². The minimum Gasteiger partial charge on any atom is -0.464 e. The van der Waals surface area contributed by atoms with E-state index in [0.29, 0.717) is 31.1 Å². The molecule has 0 bridgehead atoms. The van der Waals surface area contributed by atoms with Crippen LogP contribution < -0.4 is 15.4 Å². The maximum atomic E-state index is 5.33. The van der Waals surface area contributed by atoms with E-state index in [9.17, 15) is 0 Å². The predicted octanol–water partition coefficient (Wildman–Crippen LogP) is 2.38. The molecule has 2 aromatic rings. The molecule has 0 saturated carbocycles. The Labute approximate surface area is 116 Å². The number of hydrogen-bond acceptors (Lipinski definition) is 7. The number of aromatic nitrogens is 3. The molecule has 19 heavy (non-hydrogen) atoms. The van der Waals surface area contributed by atoms with E-state index in [2.05, 4.69) is 31.7 Å². The van der Waals surface area contributed by atoms with Crippen molar-refractivity contribution in [2.45, 2.75) is 20.4 Å². The summed E-state index contributed by atoms with van der Waals surface area (Å²) < 4.78 is 5.33. The zero-order valence-corrected chi connectivity index (χ0v) is 11.8. The highest BCUT2D eigenvalue weighted by molar-refractivity contribution is 7.09. The van der Waals surface area contributed by atoms with Crippen LogP contribution in [0.1, 0.15) is 18.7 Å². The fourth-order valence-electron chi connectivity index (χ4n) is 1.45. The number of hydrogen-bond donors (Lipinski definition) is 2. The van der Waals surface area contributed by atoms with Gasteiger partial charge in [-0.1, -0.05) is 6.07 Å². The molecular formula is C12H17N5OS. The second-order valence-corrected chi connectivity index (χ2v) is 4.69. The number of anilines is 2. The molecule has 2 heterocycles. The highest BCUT2D eigenvalue weighted by Gasteiger charge is 2.06. The molecule has 2 rings (SSSR count). The molecule has 0 spiro atoms. The van der Waals surface area contributed by atoms with Crippen molar-refractivity contribution in [2.24, 2.45) is 0 Å². The summed E-state index contributed by atoms with van der Waals surface area (Å²) in [4.78, 5) is 13.9. The summed E-state index contributed by atoms with van der Waals surface area (Å²) in [6, 6.07) is 4.42. The van der Waals surface area contributed by atoms with Crippen LogP contribution in [0.3, 0.4) is 0 Å². The quantitative estimate of drug-likeness (QED) is 0.810. The summed E-state index contributed by atoms with van der Waals surface area (Å²) in [6.07, 6.45) is 0. The number of ether oxygens (including phenoxy) is 1. The van der Waals surface area contributed by atoms with Crippen LogP contribution in [-0.4, -0.2) is 28.1 Å². The van der Waals surface area contributed by atoms with Crippen molar-refractivity contribution in [3.8, 4) is 6.01 Å². The number of thiophene rings is 1. The molecule has 0 radical (unpaired) electrons. The van der Waals surface area contributed by atoms with Crippen molar-refractivity contribution >= 4 is 23.2 Å². The Morgan fingerprint density at radius 2 is 1.95 bits per heavy atom. The second kappa shape index (κ2) is 6.89. The molecule has 0 fully saturated rings. The number of rotatable bonds is 7. The maximum absolute atomic E-state index is 5.33. The highest BCUT2D eigenvalue weighted by atomic mass is 32.1. The fraction of sp³-hybridized carbons (Fsp3) is 0.417. The lowest BCUT2D eigenvalue weighted by Gasteiger charge is -2.08. The van der Waals surface area contributed by atoms with Crippen LogP contribution in [0.15, 0.2) is 17.5 Å². The third-order valence-corrected chi connectivity index (χ3v) is 3.10. The minimum absolute atomic E-state index is 0.335. The molecule has 0 atom stereocenters. The van der Waals surface area contributed by atoms with E-state index in [4.69, 9.17) is 4.74 Å². The van der Waals surface area contributed by atoms with Crippen LogP contribution in [0.4, 0.5) is 11.9 Å². The van der Waals surface area contributed by atoms with Gasteiger partial charge in [-0.2, -0.15) is 15.0 Å². The van der Waals surface area contributed by atoms with Gasteiger partial charge in [-0.25, -0.2) is 0 Å². The van der Waals surface area contributed by atoms with Crippen LogP contribution in [0.25, 0.3) is 0 Å². The standard InChI is InChI=1S/C12H17N5OS/c1-3-13-10-15-11(17-12(16-10)18-4-2)14-8-9-6-5-7-19-9/h5-7H,3-4,8H2,1-2H3,(H2,13,14,15,16,17). The second-order valence-electron chi connectivity index (χ2n) is 3.66. The molecule has 102 valence electrons. The van der Waals surface area contributed by atoms with Gasteiger partial charge in [0.05, 0.1) is 13.2 Å². The summed E-state index contributed by atoms with van der Waals surface area (Å²) in [6.45, 7) is 5.86. The van der Waals surface area contributed by atoms with Crippen molar-refractivity contribution in [1.29, 1.82) is 0 Å². The van der Waals surface area contributed by atoms with Crippen LogP contribution in [-0.2, 0) is 6.54 Å². The molecule has 2 N–H and O–H groups in total. The maximum Gasteiger partial charge on any atom is 0.323 e. The van der Waals surface area contributed by atoms with Crippen molar-refractivity contribution in [3.05, 3.63) is 22.4 Å². The predicted molar refractivity (Wildman–Crippen MR) is 76.8 cm³/mol. The average molecular weight is 279 g/mol. The van der Waals surface area contributed by atoms with Crippen molar-refractivity contribution in [2.75, 3.05) is 23.8 Å². The molecule has 6 nitrogen and oxygen atoms in total. The molecule has 0 aliphatic heterocycles. The smallest absolute Gasteiger partial charge is 0.323 e. The molecule has 0 amide bonds. The lowest BCUT2D eigenvalue weighted by molar-refractivity contribution is 0.312. The summed E-state index contributed by atoms with van der Waals surface area (Å²) in [5, 5.41) is 8.27. The molecule has 0 unspecified atom stereocenters. The van der Waals surface area contributed by atoms with Gasteiger partial charge >= 0.3 is 6.01 Å². The van der Waals surface area contributed by atoms with Crippen molar-refractivity contribution in [1.82, 2.24) is 15.0 Å². The molecule has 2 aromatic heterocycles. The van der Waals surface area contributed by atoms with Crippen LogP contribution >= 0.6 is 11.3 Å². The van der Waals surface area contributed by atoms with Crippen LogP contribution in [0, 0.1) is 0 Å². The molecule has 0 aliphatic carbocycles. The van der Waals surface area contributed by atoms with Gasteiger partial charge in [-0.3, -0.25) is 0 Å². The largest absolute Gasteiger partial charge is 0.464 e. The van der Waals surface area contributed by atoms with E-state index < -0.39 is 0 Å². The Hall–Kier alpha value is -1.89. The van der Waals surface area contributed by atoms with Gasteiger partial charge < -0.3 is 15.4 Å². The minimum atomic E-state index is 0.335. The molecule has 0 aromatic carbocycles. The Balaban J connectivity index is 2.08. The lowest BCUT2D eigenvalue weighted by atomic mass is 10.5. The first-order chi connectivity index (χ1) is 9.31. The monoisotopic (exact) mass is 279 g/mol. The average Bonchev–Trinajstić information content (AvgIpc) is 2.90. The Bertz CT molecular complexity index is 479. The van der Waals surface area contributed by atoms with Gasteiger partial charge in [-0.05, 0) is 25.3 Å². The first kappa shape index (κ1) is 13.5. The van der Waals surface area contributed by atoms with Gasteiger partial charge in [0.2, 0.25) is 11.9 Å². The summed E-state index contributed by atoms with van der Waals surface area (Å²) in [7, 11) is 0. The van der Waals surface area contributed by atoms with E-state index in [-0.39, 0.29) is 0 Å². The van der Waals surface area contributed by atoms with E-state index in [1.54, 1.807) is 11.3 Å².